The van der Waals surface area contributed by atoms with Gasteiger partial charge in [-0.25, -0.2) is 9.48 Å². The van der Waals surface area contributed by atoms with E-state index in [1.807, 2.05) is 29.6 Å². The highest BCUT2D eigenvalue weighted by Crippen LogP contribution is 2.37. The third kappa shape index (κ3) is 5.18. The molecule has 0 bridgehead atoms. The molecule has 36 heavy (non-hydrogen) atoms. The quantitative estimate of drug-likeness (QED) is 0.373. The smallest absolute Gasteiger partial charge is 0.338 e. The number of benzene rings is 2. The number of hydrogen-bond acceptors (Lipinski definition) is 7. The van der Waals surface area contributed by atoms with Crippen LogP contribution in [-0.4, -0.2) is 49.5 Å². The van der Waals surface area contributed by atoms with Gasteiger partial charge in [0.25, 0.3) is 5.91 Å². The van der Waals surface area contributed by atoms with E-state index in [0.717, 1.165) is 5.56 Å². The van der Waals surface area contributed by atoms with Crippen LogP contribution in [0.15, 0.2) is 78.3 Å². The summed E-state index contributed by atoms with van der Waals surface area (Å²) in [6.45, 7) is 0.180. The maximum absolute atomic E-state index is 13.4. The van der Waals surface area contributed by atoms with Gasteiger partial charge in [-0.3, -0.25) is 4.79 Å². The highest BCUT2D eigenvalue weighted by molar-refractivity contribution is 7.12. The highest BCUT2D eigenvalue weighted by Gasteiger charge is 2.40. The Bertz CT molecular complexity index is 1330. The zero-order chi connectivity index (χ0) is 25.1. The van der Waals surface area contributed by atoms with Crippen molar-refractivity contribution in [2.75, 3.05) is 6.54 Å². The van der Waals surface area contributed by atoms with E-state index in [0.29, 0.717) is 27.6 Å². The number of aliphatic hydroxyl groups is 1. The third-order valence-corrected chi connectivity index (χ3v) is 7.28. The Labute approximate surface area is 216 Å². The first kappa shape index (κ1) is 24.2. The molecule has 0 aliphatic carbocycles. The monoisotopic (exact) mass is 522 g/mol. The summed E-state index contributed by atoms with van der Waals surface area (Å²) in [5.41, 5.74) is 1.79. The summed E-state index contributed by atoms with van der Waals surface area (Å²) >= 11 is 7.44. The second-order valence-corrected chi connectivity index (χ2v) is 9.89. The summed E-state index contributed by atoms with van der Waals surface area (Å²) in [5.74, 6) is -0.569. The molecule has 2 aromatic carbocycles. The Balaban J connectivity index is 1.34. The first-order chi connectivity index (χ1) is 17.5. The number of halogens is 1. The topological polar surface area (TPSA) is 97.5 Å². The van der Waals surface area contributed by atoms with Crippen LogP contribution in [0.2, 0.25) is 5.02 Å². The molecular formula is C26H23ClN4O4S. The van der Waals surface area contributed by atoms with Crippen LogP contribution < -0.4 is 0 Å². The molecule has 3 atom stereocenters. The van der Waals surface area contributed by atoms with Crippen molar-refractivity contribution < 1.29 is 19.4 Å². The van der Waals surface area contributed by atoms with Crippen molar-refractivity contribution in [1.29, 1.82) is 0 Å². The number of rotatable bonds is 6. The molecule has 1 N–H and O–H groups in total. The molecule has 8 nitrogen and oxygen atoms in total. The number of likely N-dealkylation sites (tertiary alicyclic amines) is 1. The van der Waals surface area contributed by atoms with Crippen molar-refractivity contribution in [3.63, 3.8) is 0 Å². The van der Waals surface area contributed by atoms with Crippen molar-refractivity contribution in [3.05, 3.63) is 105 Å². The Hall–Kier alpha value is -3.53. The van der Waals surface area contributed by atoms with Crippen LogP contribution in [-0.2, 0) is 11.3 Å². The molecule has 10 heteroatoms. The summed E-state index contributed by atoms with van der Waals surface area (Å²) in [4.78, 5) is 28.1. The van der Waals surface area contributed by atoms with Gasteiger partial charge in [0.2, 0.25) is 0 Å². The van der Waals surface area contributed by atoms with Gasteiger partial charge in [0.05, 0.1) is 34.8 Å². The Morgan fingerprint density at radius 2 is 1.86 bits per heavy atom. The Morgan fingerprint density at radius 1 is 1.08 bits per heavy atom. The number of carbonyl (C=O) groups is 2. The summed E-state index contributed by atoms with van der Waals surface area (Å²) in [7, 11) is 0. The fourth-order valence-electron chi connectivity index (χ4n) is 4.33. The standard InChI is InChI=1S/C26H23ClN4O4S/c27-19-10-8-17(9-11-19)21-13-23(32)22(15-30(21)25(33)24-7-4-12-36-24)31-14-20(28-29-31)16-35-26(34)18-5-2-1-3-6-18/h1-12,14,21-23,32H,13,15-16H2/t21-,22-,23-/m1/s1. The summed E-state index contributed by atoms with van der Waals surface area (Å²) in [6, 6.07) is 18.8. The third-order valence-electron chi connectivity index (χ3n) is 6.17. The number of esters is 1. The predicted octanol–water partition coefficient (Wildman–Crippen LogP) is 4.54. The van der Waals surface area contributed by atoms with E-state index in [-0.39, 0.29) is 25.1 Å². The lowest BCUT2D eigenvalue weighted by Gasteiger charge is -2.42. The molecule has 3 heterocycles. The number of piperidine rings is 1. The summed E-state index contributed by atoms with van der Waals surface area (Å²) in [5, 5.41) is 21.8. The number of ether oxygens (including phenoxy) is 1. The second kappa shape index (κ2) is 10.6. The van der Waals surface area contributed by atoms with Crippen LogP contribution in [0.3, 0.4) is 0 Å². The average molecular weight is 523 g/mol. The van der Waals surface area contributed by atoms with E-state index in [2.05, 4.69) is 10.3 Å². The maximum atomic E-state index is 13.4. The van der Waals surface area contributed by atoms with E-state index < -0.39 is 18.1 Å². The fraction of sp³-hybridized carbons (Fsp3) is 0.231. The van der Waals surface area contributed by atoms with Crippen molar-refractivity contribution >= 4 is 34.8 Å². The number of amides is 1. The highest BCUT2D eigenvalue weighted by atomic mass is 35.5. The average Bonchev–Trinajstić information content (AvgIpc) is 3.61. The lowest BCUT2D eigenvalue weighted by Crippen LogP contribution is -2.48. The van der Waals surface area contributed by atoms with Gasteiger partial charge in [0.15, 0.2) is 0 Å². The molecule has 1 aliphatic heterocycles. The molecule has 1 aliphatic rings. The van der Waals surface area contributed by atoms with Gasteiger partial charge in [0, 0.05) is 18.0 Å². The number of hydrogen-bond donors (Lipinski definition) is 1. The zero-order valence-corrected chi connectivity index (χ0v) is 20.7. The minimum Gasteiger partial charge on any atom is -0.455 e. The first-order valence-electron chi connectivity index (χ1n) is 11.4. The molecular weight excluding hydrogens is 500 g/mol. The molecule has 4 aromatic rings. The van der Waals surface area contributed by atoms with Gasteiger partial charge in [-0.15, -0.1) is 16.4 Å². The van der Waals surface area contributed by atoms with Gasteiger partial charge in [-0.2, -0.15) is 0 Å². The van der Waals surface area contributed by atoms with Crippen molar-refractivity contribution in [1.82, 2.24) is 19.9 Å². The van der Waals surface area contributed by atoms with E-state index in [4.69, 9.17) is 16.3 Å². The maximum Gasteiger partial charge on any atom is 0.338 e. The van der Waals surface area contributed by atoms with E-state index in [1.54, 1.807) is 58.2 Å². The van der Waals surface area contributed by atoms with Crippen molar-refractivity contribution in [2.45, 2.75) is 31.2 Å². The van der Waals surface area contributed by atoms with Gasteiger partial charge in [-0.05, 0) is 41.3 Å². The Kier molecular flexibility index (Phi) is 7.13. The second-order valence-electron chi connectivity index (χ2n) is 8.50. The van der Waals surface area contributed by atoms with Crippen molar-refractivity contribution in [2.24, 2.45) is 0 Å². The number of carbonyl (C=O) groups excluding carboxylic acids is 2. The van der Waals surface area contributed by atoms with Crippen LogP contribution in [0.25, 0.3) is 0 Å². The largest absolute Gasteiger partial charge is 0.455 e. The van der Waals surface area contributed by atoms with Crippen LogP contribution >= 0.6 is 22.9 Å². The van der Waals surface area contributed by atoms with Crippen LogP contribution in [0, 0.1) is 0 Å². The molecule has 5 rings (SSSR count). The van der Waals surface area contributed by atoms with Crippen LogP contribution in [0.5, 0.6) is 0 Å². The SMILES string of the molecule is O=C(OCc1cn([C@@H]2CN(C(=O)c3cccs3)[C@@H](c3ccc(Cl)cc3)C[C@H]2O)nn1)c1ccccc1. The summed E-state index contributed by atoms with van der Waals surface area (Å²) < 4.78 is 6.89. The first-order valence-corrected chi connectivity index (χ1v) is 12.7. The van der Waals surface area contributed by atoms with Crippen molar-refractivity contribution in [3.8, 4) is 0 Å². The lowest BCUT2D eigenvalue weighted by atomic mass is 9.90. The lowest BCUT2D eigenvalue weighted by molar-refractivity contribution is -0.00170. The molecule has 0 saturated carbocycles. The minimum absolute atomic E-state index is 0.0538. The van der Waals surface area contributed by atoms with Gasteiger partial charge in [0.1, 0.15) is 12.3 Å². The molecule has 2 aromatic heterocycles. The number of aliphatic hydroxyl groups excluding tert-OH is 1. The van der Waals surface area contributed by atoms with Gasteiger partial charge < -0.3 is 14.7 Å². The molecule has 1 amide bonds. The van der Waals surface area contributed by atoms with E-state index in [1.165, 1.54) is 11.3 Å². The molecule has 1 saturated heterocycles. The summed E-state index contributed by atoms with van der Waals surface area (Å²) in [6.07, 6.45) is 1.18. The molecule has 0 unspecified atom stereocenters. The predicted molar refractivity (Wildman–Crippen MR) is 135 cm³/mol. The number of thiophene rings is 1. The van der Waals surface area contributed by atoms with E-state index in [9.17, 15) is 14.7 Å². The zero-order valence-electron chi connectivity index (χ0n) is 19.1. The Morgan fingerprint density at radius 3 is 2.58 bits per heavy atom. The number of nitrogens with zero attached hydrogens (tertiary/aromatic N) is 4. The molecule has 0 spiro atoms. The van der Waals surface area contributed by atoms with E-state index >= 15 is 0 Å². The normalized spacial score (nSPS) is 19.7. The molecule has 0 radical (unpaired) electrons. The molecule has 1 fully saturated rings. The van der Waals surface area contributed by atoms with Crippen LogP contribution in [0.4, 0.5) is 0 Å². The van der Waals surface area contributed by atoms with Gasteiger partial charge in [-0.1, -0.05) is 53.2 Å². The molecule has 184 valence electrons. The van der Waals surface area contributed by atoms with Crippen LogP contribution in [0.1, 0.15) is 49.8 Å². The van der Waals surface area contributed by atoms with Gasteiger partial charge >= 0.3 is 5.97 Å². The number of aromatic nitrogens is 3. The fourth-order valence-corrected chi connectivity index (χ4v) is 5.13. The minimum atomic E-state index is -0.778.